The van der Waals surface area contributed by atoms with Crippen molar-refractivity contribution < 1.29 is 19.7 Å². The number of aliphatic hydroxyl groups is 2. The smallest absolute Gasteiger partial charge is 0.306 e. The maximum atomic E-state index is 12.6. The Morgan fingerprint density at radius 3 is 2.21 bits per heavy atom. The number of carbonyl (C=O) groups is 1. The van der Waals surface area contributed by atoms with E-state index in [-0.39, 0.29) is 35.7 Å². The minimum atomic E-state index is -0.582. The van der Waals surface area contributed by atoms with Gasteiger partial charge in [0.2, 0.25) is 0 Å². The van der Waals surface area contributed by atoms with Gasteiger partial charge in [-0.05, 0) is 32.1 Å². The molecule has 0 aliphatic carbocycles. The van der Waals surface area contributed by atoms with Gasteiger partial charge in [0.05, 0.1) is 12.2 Å². The Morgan fingerprint density at radius 2 is 1.56 bits per heavy atom. The highest BCUT2D eigenvalue weighted by Gasteiger charge is 2.30. The standard InChI is InChI=1S/C30H50O4/c1-6-7-18-25(4)30-26(5)27(31)21-17-16-20-24(3)29(33)23(2)19-14-12-10-8-9-11-13-15-22-28(32)34-30/h6-7,14,16,18-20,23-27,29-31,33H,1,8-13,15,17,21-22H2,2-5H3/b18-7-,19-14-,20-16-/t23-,24-,25-,26-,27+,29-,30-/m0/s1. The van der Waals surface area contributed by atoms with Crippen LogP contribution in [0.3, 0.4) is 0 Å². The first-order valence-electron chi connectivity index (χ1n) is 13.5. The van der Waals surface area contributed by atoms with E-state index in [2.05, 4.69) is 25.7 Å². The van der Waals surface area contributed by atoms with Crippen LogP contribution >= 0.6 is 0 Å². The fraction of sp³-hybridized carbons (Fsp3) is 0.700. The zero-order valence-corrected chi connectivity index (χ0v) is 22.1. The lowest BCUT2D eigenvalue weighted by Crippen LogP contribution is -2.37. The molecule has 1 aliphatic heterocycles. The van der Waals surface area contributed by atoms with Crippen molar-refractivity contribution in [2.24, 2.45) is 23.7 Å². The molecule has 4 heteroatoms. The van der Waals surface area contributed by atoms with Crippen LogP contribution in [0.25, 0.3) is 0 Å². The summed E-state index contributed by atoms with van der Waals surface area (Å²) in [5.74, 6) is -0.217. The number of rotatable bonds is 3. The second kappa shape index (κ2) is 17.7. The van der Waals surface area contributed by atoms with Crippen LogP contribution in [0.5, 0.6) is 0 Å². The predicted octanol–water partition coefficient (Wildman–Crippen LogP) is 6.93. The minimum Gasteiger partial charge on any atom is -0.461 e. The molecule has 1 rings (SSSR count). The Kier molecular flexibility index (Phi) is 15.8. The summed E-state index contributed by atoms with van der Waals surface area (Å²) in [6, 6.07) is 0. The molecule has 7 atom stereocenters. The van der Waals surface area contributed by atoms with Gasteiger partial charge in [-0.15, -0.1) is 0 Å². The van der Waals surface area contributed by atoms with Gasteiger partial charge in [-0.1, -0.05) is 102 Å². The minimum absolute atomic E-state index is 0.0163. The molecular formula is C30H50O4. The Labute approximate surface area is 208 Å². The van der Waals surface area contributed by atoms with Gasteiger partial charge in [0.15, 0.2) is 0 Å². The lowest BCUT2D eigenvalue weighted by molar-refractivity contribution is -0.156. The summed E-state index contributed by atoms with van der Waals surface area (Å²) in [7, 11) is 0. The molecule has 0 saturated carbocycles. The van der Waals surface area contributed by atoms with Crippen molar-refractivity contribution in [3.05, 3.63) is 49.1 Å². The van der Waals surface area contributed by atoms with Gasteiger partial charge in [-0.3, -0.25) is 4.79 Å². The van der Waals surface area contributed by atoms with E-state index in [0.717, 1.165) is 32.1 Å². The van der Waals surface area contributed by atoms with Gasteiger partial charge >= 0.3 is 5.97 Å². The van der Waals surface area contributed by atoms with Crippen LogP contribution < -0.4 is 0 Å². The third-order valence-electron chi connectivity index (χ3n) is 7.05. The van der Waals surface area contributed by atoms with Crippen LogP contribution in [0.1, 0.15) is 91.9 Å². The van der Waals surface area contributed by atoms with Gasteiger partial charge in [0.1, 0.15) is 6.10 Å². The Hall–Kier alpha value is -1.65. The van der Waals surface area contributed by atoms with E-state index in [1.165, 1.54) is 12.8 Å². The zero-order chi connectivity index (χ0) is 25.3. The number of cyclic esters (lactones) is 1. The Balaban J connectivity index is 2.89. The molecule has 0 amide bonds. The van der Waals surface area contributed by atoms with Crippen LogP contribution in [-0.2, 0) is 9.53 Å². The summed E-state index contributed by atoms with van der Waals surface area (Å²) >= 11 is 0. The highest BCUT2D eigenvalue weighted by Crippen LogP contribution is 2.25. The summed E-state index contributed by atoms with van der Waals surface area (Å²) in [5.41, 5.74) is 0. The molecule has 0 aromatic rings. The fourth-order valence-corrected chi connectivity index (χ4v) is 4.58. The van der Waals surface area contributed by atoms with Crippen molar-refractivity contribution in [3.63, 3.8) is 0 Å². The lowest BCUT2D eigenvalue weighted by atomic mass is 9.86. The molecule has 194 valence electrons. The predicted molar refractivity (Wildman–Crippen MR) is 142 cm³/mol. The number of ether oxygens (including phenoxy) is 1. The number of aliphatic hydroxyl groups excluding tert-OH is 2. The average molecular weight is 475 g/mol. The zero-order valence-electron chi connectivity index (χ0n) is 22.1. The molecule has 1 heterocycles. The van der Waals surface area contributed by atoms with Gasteiger partial charge in [0.25, 0.3) is 0 Å². The molecule has 4 nitrogen and oxygen atoms in total. The average Bonchev–Trinajstić information content (AvgIpc) is 2.82. The first-order chi connectivity index (χ1) is 16.3. The molecule has 1 aliphatic rings. The van der Waals surface area contributed by atoms with Gasteiger partial charge in [0, 0.05) is 30.1 Å². The van der Waals surface area contributed by atoms with Crippen molar-refractivity contribution in [2.75, 3.05) is 0 Å². The van der Waals surface area contributed by atoms with Crippen LogP contribution in [-0.4, -0.2) is 34.5 Å². The first-order valence-corrected chi connectivity index (χ1v) is 13.5. The van der Waals surface area contributed by atoms with E-state index in [1.807, 2.05) is 45.1 Å². The normalized spacial score (nSPS) is 34.8. The summed E-state index contributed by atoms with van der Waals surface area (Å²) in [5, 5.41) is 21.5. The molecule has 0 bridgehead atoms. The molecule has 2 N–H and O–H groups in total. The molecule has 34 heavy (non-hydrogen) atoms. The second-order valence-corrected chi connectivity index (χ2v) is 10.2. The van der Waals surface area contributed by atoms with E-state index in [0.29, 0.717) is 19.3 Å². The van der Waals surface area contributed by atoms with Crippen LogP contribution in [0, 0.1) is 23.7 Å². The van der Waals surface area contributed by atoms with Crippen LogP contribution in [0.4, 0.5) is 0 Å². The molecule has 0 aromatic carbocycles. The molecule has 0 fully saturated rings. The van der Waals surface area contributed by atoms with Crippen molar-refractivity contribution in [1.29, 1.82) is 0 Å². The highest BCUT2D eigenvalue weighted by molar-refractivity contribution is 5.69. The summed E-state index contributed by atoms with van der Waals surface area (Å²) in [6.07, 6.45) is 21.9. The fourth-order valence-electron chi connectivity index (χ4n) is 4.58. The van der Waals surface area contributed by atoms with Crippen molar-refractivity contribution in [2.45, 2.75) is 110 Å². The molecule has 0 aromatic heterocycles. The topological polar surface area (TPSA) is 66.8 Å². The molecule has 0 radical (unpaired) electrons. The Morgan fingerprint density at radius 1 is 0.971 bits per heavy atom. The molecule has 0 spiro atoms. The van der Waals surface area contributed by atoms with E-state index in [9.17, 15) is 15.0 Å². The number of esters is 1. The maximum absolute atomic E-state index is 12.6. The third-order valence-corrected chi connectivity index (χ3v) is 7.05. The quantitative estimate of drug-likeness (QED) is 0.264. The summed E-state index contributed by atoms with van der Waals surface area (Å²) < 4.78 is 5.90. The van der Waals surface area contributed by atoms with E-state index in [4.69, 9.17) is 4.74 Å². The van der Waals surface area contributed by atoms with Crippen molar-refractivity contribution in [3.8, 4) is 0 Å². The lowest BCUT2D eigenvalue weighted by Gasteiger charge is -2.31. The van der Waals surface area contributed by atoms with E-state index < -0.39 is 12.2 Å². The SMILES string of the molecule is C=C/C=C\[C@H](C)[C@@H]1OC(=O)CCCCCCCC/C=C\[C@H](C)[C@H](O)[C@@H](C)/C=C\CC[C@@H](O)[C@@H]1C. The molecule has 0 saturated heterocycles. The van der Waals surface area contributed by atoms with Gasteiger partial charge in [-0.2, -0.15) is 0 Å². The number of hydrogen-bond donors (Lipinski definition) is 2. The van der Waals surface area contributed by atoms with Crippen molar-refractivity contribution in [1.82, 2.24) is 0 Å². The van der Waals surface area contributed by atoms with Crippen LogP contribution in [0.2, 0.25) is 0 Å². The maximum Gasteiger partial charge on any atom is 0.306 e. The highest BCUT2D eigenvalue weighted by atomic mass is 16.5. The first kappa shape index (κ1) is 30.4. The molecular weight excluding hydrogens is 424 g/mol. The third kappa shape index (κ3) is 12.2. The van der Waals surface area contributed by atoms with Gasteiger partial charge < -0.3 is 14.9 Å². The van der Waals surface area contributed by atoms with E-state index >= 15 is 0 Å². The number of allylic oxidation sites excluding steroid dienone is 4. The summed E-state index contributed by atoms with van der Waals surface area (Å²) in [6.45, 7) is 11.8. The number of carbonyl (C=O) groups excluding carboxylic acids is 1. The summed E-state index contributed by atoms with van der Waals surface area (Å²) in [4.78, 5) is 12.6. The van der Waals surface area contributed by atoms with Gasteiger partial charge in [-0.25, -0.2) is 0 Å². The largest absolute Gasteiger partial charge is 0.461 e. The Bertz CT molecular complexity index is 650. The second-order valence-electron chi connectivity index (χ2n) is 10.2. The van der Waals surface area contributed by atoms with Crippen LogP contribution in [0.15, 0.2) is 49.1 Å². The monoisotopic (exact) mass is 474 g/mol. The van der Waals surface area contributed by atoms with Crippen molar-refractivity contribution >= 4 is 5.97 Å². The number of hydrogen-bond acceptors (Lipinski definition) is 4. The van der Waals surface area contributed by atoms with E-state index in [1.54, 1.807) is 6.08 Å². The molecule has 0 unspecified atom stereocenters.